The van der Waals surface area contributed by atoms with E-state index in [2.05, 4.69) is 10.5 Å². The summed E-state index contributed by atoms with van der Waals surface area (Å²) in [6, 6.07) is 2.90. The Kier molecular flexibility index (Phi) is 5.16. The fourth-order valence-electron chi connectivity index (χ4n) is 2.24. The third-order valence-corrected chi connectivity index (χ3v) is 3.35. The van der Waals surface area contributed by atoms with Crippen LogP contribution in [0.5, 0.6) is 0 Å². The molecule has 0 saturated heterocycles. The third kappa shape index (κ3) is 3.52. The summed E-state index contributed by atoms with van der Waals surface area (Å²) in [6.07, 6.45) is 3.10. The van der Waals surface area contributed by atoms with E-state index in [-0.39, 0.29) is 18.9 Å². The van der Waals surface area contributed by atoms with Crippen LogP contribution in [0.4, 0.5) is 0 Å². The molecule has 2 rings (SSSR count). The van der Waals surface area contributed by atoms with E-state index in [0.717, 1.165) is 17.0 Å². The van der Waals surface area contributed by atoms with Gasteiger partial charge in [0, 0.05) is 12.0 Å². The van der Waals surface area contributed by atoms with Crippen molar-refractivity contribution in [1.82, 2.24) is 10.5 Å². The minimum atomic E-state index is -0.539. The minimum Gasteiger partial charge on any atom is -0.467 e. The first-order valence-corrected chi connectivity index (χ1v) is 7.09. The topological polar surface area (TPSA) is 88.5 Å². The Morgan fingerprint density at radius 2 is 2.24 bits per heavy atom. The largest absolute Gasteiger partial charge is 0.467 e. The van der Waals surface area contributed by atoms with Crippen molar-refractivity contribution < 1.29 is 18.8 Å². The van der Waals surface area contributed by atoms with Crippen LogP contribution in [-0.2, 0) is 24.1 Å². The van der Waals surface area contributed by atoms with Crippen molar-refractivity contribution in [3.05, 3.63) is 41.2 Å². The molecule has 21 heavy (non-hydrogen) atoms. The molecule has 1 amide bonds. The molecule has 6 nitrogen and oxygen atoms in total. The molecule has 2 aromatic heterocycles. The van der Waals surface area contributed by atoms with E-state index < -0.39 is 6.04 Å². The molecule has 0 saturated carbocycles. The van der Waals surface area contributed by atoms with E-state index >= 15 is 0 Å². The molecule has 2 aromatic rings. The van der Waals surface area contributed by atoms with Crippen LogP contribution >= 0.6 is 0 Å². The van der Waals surface area contributed by atoms with Crippen LogP contribution in [0.2, 0.25) is 0 Å². The number of furan rings is 1. The van der Waals surface area contributed by atoms with Gasteiger partial charge in [-0.05, 0) is 18.6 Å². The smallest absolute Gasteiger partial charge is 0.225 e. The zero-order chi connectivity index (χ0) is 15.2. The highest BCUT2D eigenvalue weighted by Gasteiger charge is 2.20. The van der Waals surface area contributed by atoms with Crippen molar-refractivity contribution >= 4 is 5.91 Å². The van der Waals surface area contributed by atoms with Gasteiger partial charge in [0.15, 0.2) is 0 Å². The zero-order valence-corrected chi connectivity index (χ0v) is 12.3. The molecule has 0 aromatic carbocycles. The van der Waals surface area contributed by atoms with Crippen molar-refractivity contribution in [2.75, 3.05) is 6.61 Å². The molecule has 0 aliphatic heterocycles. The predicted octanol–water partition coefficient (Wildman–Crippen LogP) is 1.78. The zero-order valence-electron chi connectivity index (χ0n) is 12.3. The average molecular weight is 292 g/mol. The molecule has 0 aliphatic rings. The normalized spacial score (nSPS) is 12.3. The summed E-state index contributed by atoms with van der Waals surface area (Å²) in [5.74, 6) is 1.07. The van der Waals surface area contributed by atoms with Crippen LogP contribution in [0.25, 0.3) is 0 Å². The number of nitrogens with zero attached hydrogens (tertiary/aromatic N) is 1. The third-order valence-electron chi connectivity index (χ3n) is 3.35. The second-order valence-electron chi connectivity index (χ2n) is 4.73. The number of carbonyl (C=O) groups is 1. The van der Waals surface area contributed by atoms with Gasteiger partial charge in [-0.25, -0.2) is 0 Å². The summed E-state index contributed by atoms with van der Waals surface area (Å²) in [5, 5.41) is 16.1. The first-order valence-electron chi connectivity index (χ1n) is 7.09. The van der Waals surface area contributed by atoms with Gasteiger partial charge < -0.3 is 19.4 Å². The molecule has 0 bridgehead atoms. The first kappa shape index (κ1) is 15.3. The maximum Gasteiger partial charge on any atom is 0.225 e. The van der Waals surface area contributed by atoms with E-state index in [1.165, 1.54) is 6.26 Å². The Morgan fingerprint density at radius 1 is 1.43 bits per heavy atom. The number of aliphatic hydroxyl groups excluding tert-OH is 1. The highest BCUT2D eigenvalue weighted by atomic mass is 16.5. The van der Waals surface area contributed by atoms with E-state index in [1.807, 2.05) is 13.8 Å². The van der Waals surface area contributed by atoms with E-state index in [0.29, 0.717) is 18.6 Å². The number of hydrogen-bond donors (Lipinski definition) is 2. The number of rotatable bonds is 7. The van der Waals surface area contributed by atoms with Crippen LogP contribution < -0.4 is 5.32 Å². The molecule has 6 heteroatoms. The monoisotopic (exact) mass is 292 g/mol. The maximum atomic E-state index is 12.2. The van der Waals surface area contributed by atoms with Gasteiger partial charge in [0.25, 0.3) is 0 Å². The highest BCUT2D eigenvalue weighted by molar-refractivity contribution is 5.79. The summed E-state index contributed by atoms with van der Waals surface area (Å²) in [5.41, 5.74) is 1.65. The number of amides is 1. The lowest BCUT2D eigenvalue weighted by molar-refractivity contribution is -0.121. The summed E-state index contributed by atoms with van der Waals surface area (Å²) in [7, 11) is 0. The van der Waals surface area contributed by atoms with Crippen molar-refractivity contribution in [3.63, 3.8) is 0 Å². The number of hydrogen-bond acceptors (Lipinski definition) is 5. The Bertz CT molecular complexity index is 553. The molecular formula is C15H20N2O4. The van der Waals surface area contributed by atoms with Crippen LogP contribution in [-0.4, -0.2) is 22.8 Å². The Balaban J connectivity index is 2.06. The van der Waals surface area contributed by atoms with Crippen LogP contribution in [0.15, 0.2) is 27.3 Å². The van der Waals surface area contributed by atoms with Crippen molar-refractivity contribution in [2.24, 2.45) is 0 Å². The van der Waals surface area contributed by atoms with Gasteiger partial charge in [-0.2, -0.15) is 0 Å². The van der Waals surface area contributed by atoms with Crippen molar-refractivity contribution in [3.8, 4) is 0 Å². The van der Waals surface area contributed by atoms with E-state index in [1.54, 1.807) is 12.1 Å². The summed E-state index contributed by atoms with van der Waals surface area (Å²) >= 11 is 0. The fraction of sp³-hybridized carbons (Fsp3) is 0.467. The molecular weight excluding hydrogens is 272 g/mol. The van der Waals surface area contributed by atoms with Gasteiger partial charge in [-0.15, -0.1) is 0 Å². The predicted molar refractivity (Wildman–Crippen MR) is 75.6 cm³/mol. The van der Waals surface area contributed by atoms with Crippen LogP contribution in [0.1, 0.15) is 42.7 Å². The lowest BCUT2D eigenvalue weighted by Gasteiger charge is -2.14. The lowest BCUT2D eigenvalue weighted by atomic mass is 10.1. The van der Waals surface area contributed by atoms with Crippen LogP contribution in [0.3, 0.4) is 0 Å². The summed E-state index contributed by atoms with van der Waals surface area (Å²) in [4.78, 5) is 12.2. The SMILES string of the molecule is CCc1noc(CC)c1CC(=O)NC(CO)c1ccco1. The molecule has 1 unspecified atom stereocenters. The number of aryl methyl sites for hydroxylation is 2. The Labute approximate surface area is 123 Å². The van der Waals surface area contributed by atoms with Gasteiger partial charge in [-0.1, -0.05) is 19.0 Å². The van der Waals surface area contributed by atoms with E-state index in [9.17, 15) is 9.90 Å². The number of carbonyl (C=O) groups excluding carboxylic acids is 1. The van der Waals surface area contributed by atoms with Crippen molar-refractivity contribution in [1.29, 1.82) is 0 Å². The maximum absolute atomic E-state index is 12.2. The van der Waals surface area contributed by atoms with Crippen LogP contribution in [0, 0.1) is 0 Å². The molecule has 114 valence electrons. The number of nitrogens with one attached hydrogen (secondary N) is 1. The molecule has 0 radical (unpaired) electrons. The Morgan fingerprint density at radius 3 is 2.81 bits per heavy atom. The average Bonchev–Trinajstić information content (AvgIpc) is 3.14. The lowest BCUT2D eigenvalue weighted by Crippen LogP contribution is -2.32. The minimum absolute atomic E-state index is 0.188. The fourth-order valence-corrected chi connectivity index (χ4v) is 2.24. The number of aromatic nitrogens is 1. The van der Waals surface area contributed by atoms with Gasteiger partial charge in [0.1, 0.15) is 17.6 Å². The van der Waals surface area contributed by atoms with Gasteiger partial charge in [-0.3, -0.25) is 4.79 Å². The van der Waals surface area contributed by atoms with Gasteiger partial charge in [0.05, 0.1) is 25.0 Å². The van der Waals surface area contributed by atoms with Gasteiger partial charge >= 0.3 is 0 Å². The molecule has 2 heterocycles. The molecule has 1 atom stereocenters. The second-order valence-corrected chi connectivity index (χ2v) is 4.73. The Hall–Kier alpha value is -2.08. The summed E-state index contributed by atoms with van der Waals surface area (Å²) in [6.45, 7) is 3.71. The summed E-state index contributed by atoms with van der Waals surface area (Å²) < 4.78 is 10.4. The number of aliphatic hydroxyl groups is 1. The molecule has 0 fully saturated rings. The second kappa shape index (κ2) is 7.08. The quantitative estimate of drug-likeness (QED) is 0.812. The molecule has 2 N–H and O–H groups in total. The van der Waals surface area contributed by atoms with Gasteiger partial charge in [0.2, 0.25) is 5.91 Å². The standard InChI is InChI=1S/C15H20N2O4/c1-3-11-10(13(4-2)21-17-11)8-15(19)16-12(9-18)14-6-5-7-20-14/h5-7,12,18H,3-4,8-9H2,1-2H3,(H,16,19). The molecule has 0 aliphatic carbocycles. The molecule has 0 spiro atoms. The van der Waals surface area contributed by atoms with Crippen molar-refractivity contribution in [2.45, 2.75) is 39.2 Å². The highest BCUT2D eigenvalue weighted by Crippen LogP contribution is 2.18. The van der Waals surface area contributed by atoms with E-state index in [4.69, 9.17) is 8.94 Å². The first-order chi connectivity index (χ1) is 10.2.